The lowest BCUT2D eigenvalue weighted by atomic mass is 10.1. The quantitative estimate of drug-likeness (QED) is 0.571. The summed E-state index contributed by atoms with van der Waals surface area (Å²) in [5.41, 5.74) is 0.815. The van der Waals surface area contributed by atoms with E-state index in [9.17, 15) is 4.79 Å². The van der Waals surface area contributed by atoms with E-state index in [1.54, 1.807) is 11.8 Å². The monoisotopic (exact) mass is 211 g/mol. The zero-order chi connectivity index (χ0) is 9.97. The third kappa shape index (κ3) is 1.77. The van der Waals surface area contributed by atoms with Gasteiger partial charge in [0.1, 0.15) is 5.82 Å². The molecule has 14 heavy (non-hydrogen) atoms. The fourth-order valence-corrected chi connectivity index (χ4v) is 2.13. The number of nitrogens with one attached hydrogen (secondary N) is 2. The van der Waals surface area contributed by atoms with Gasteiger partial charge in [0.25, 0.3) is 5.56 Å². The second-order valence-electron chi connectivity index (χ2n) is 3.16. The van der Waals surface area contributed by atoms with Crippen LogP contribution in [-0.2, 0) is 6.42 Å². The predicted octanol–water partition coefficient (Wildman–Crippen LogP) is 1.24. The van der Waals surface area contributed by atoms with Crippen molar-refractivity contribution in [1.82, 2.24) is 9.97 Å². The van der Waals surface area contributed by atoms with Crippen molar-refractivity contribution < 1.29 is 0 Å². The molecule has 0 saturated carbocycles. The highest BCUT2D eigenvalue weighted by Gasteiger charge is 2.14. The lowest BCUT2D eigenvalue weighted by Gasteiger charge is -2.16. The molecule has 0 bridgehead atoms. The molecule has 1 aromatic heterocycles. The van der Waals surface area contributed by atoms with Gasteiger partial charge in [-0.25, -0.2) is 4.98 Å². The van der Waals surface area contributed by atoms with E-state index in [-0.39, 0.29) is 5.56 Å². The summed E-state index contributed by atoms with van der Waals surface area (Å²) in [5, 5.41) is 3.87. The molecule has 0 saturated heterocycles. The van der Waals surface area contributed by atoms with Crippen LogP contribution in [0.1, 0.15) is 18.9 Å². The summed E-state index contributed by atoms with van der Waals surface area (Å²) in [7, 11) is 0. The number of hydrogen-bond donors (Lipinski definition) is 2. The molecule has 4 nitrogen and oxygen atoms in total. The molecular weight excluding hydrogens is 198 g/mol. The van der Waals surface area contributed by atoms with Gasteiger partial charge in [0.2, 0.25) is 0 Å². The van der Waals surface area contributed by atoms with Crippen molar-refractivity contribution in [3.8, 4) is 0 Å². The van der Waals surface area contributed by atoms with Crippen molar-refractivity contribution in [3.63, 3.8) is 0 Å². The van der Waals surface area contributed by atoms with Crippen LogP contribution in [0.25, 0.3) is 0 Å². The Kier molecular flexibility index (Phi) is 2.77. The van der Waals surface area contributed by atoms with Crippen molar-refractivity contribution in [2.24, 2.45) is 0 Å². The van der Waals surface area contributed by atoms with E-state index in [1.165, 1.54) is 0 Å². The fraction of sp³-hybridized carbons (Fsp3) is 0.556. The average Bonchev–Trinajstić information content (AvgIpc) is 2.18. The van der Waals surface area contributed by atoms with E-state index in [0.29, 0.717) is 5.16 Å². The van der Waals surface area contributed by atoms with Crippen molar-refractivity contribution in [3.05, 3.63) is 15.9 Å². The summed E-state index contributed by atoms with van der Waals surface area (Å²) in [6.07, 6.45) is 1.85. The van der Waals surface area contributed by atoms with E-state index < -0.39 is 0 Å². The Morgan fingerprint density at radius 2 is 2.43 bits per heavy atom. The summed E-state index contributed by atoms with van der Waals surface area (Å²) in [6.45, 7) is 2.96. The van der Waals surface area contributed by atoms with Crippen LogP contribution in [-0.4, -0.2) is 22.3 Å². The van der Waals surface area contributed by atoms with Crippen molar-refractivity contribution in [1.29, 1.82) is 0 Å². The van der Waals surface area contributed by atoms with Crippen LogP contribution in [0.2, 0.25) is 0 Å². The van der Waals surface area contributed by atoms with Gasteiger partial charge in [-0.3, -0.25) is 4.79 Å². The Labute approximate surface area is 86.5 Å². The number of anilines is 1. The molecule has 2 rings (SSSR count). The van der Waals surface area contributed by atoms with Crippen molar-refractivity contribution in [2.75, 3.05) is 17.6 Å². The van der Waals surface area contributed by atoms with Gasteiger partial charge in [0.15, 0.2) is 5.16 Å². The summed E-state index contributed by atoms with van der Waals surface area (Å²) >= 11 is 1.56. The summed E-state index contributed by atoms with van der Waals surface area (Å²) < 4.78 is 0. The number of nitrogens with zero attached hydrogens (tertiary/aromatic N) is 1. The number of thioether (sulfide) groups is 1. The zero-order valence-electron chi connectivity index (χ0n) is 8.09. The van der Waals surface area contributed by atoms with Crippen LogP contribution in [0.3, 0.4) is 0 Å². The molecule has 0 aromatic carbocycles. The lowest BCUT2D eigenvalue weighted by molar-refractivity contribution is 0.774. The first-order chi connectivity index (χ1) is 6.81. The van der Waals surface area contributed by atoms with Gasteiger partial charge >= 0.3 is 0 Å². The molecule has 2 heterocycles. The Morgan fingerprint density at radius 1 is 1.57 bits per heavy atom. The highest BCUT2D eigenvalue weighted by Crippen LogP contribution is 2.18. The minimum atomic E-state index is 0.0122. The van der Waals surface area contributed by atoms with E-state index in [0.717, 1.165) is 36.5 Å². The Morgan fingerprint density at radius 3 is 3.21 bits per heavy atom. The first-order valence-electron chi connectivity index (χ1n) is 4.81. The molecule has 0 aliphatic carbocycles. The maximum atomic E-state index is 11.6. The van der Waals surface area contributed by atoms with Crippen molar-refractivity contribution in [2.45, 2.75) is 24.9 Å². The summed E-state index contributed by atoms with van der Waals surface area (Å²) in [6, 6.07) is 0. The molecule has 0 fully saturated rings. The molecule has 0 radical (unpaired) electrons. The predicted molar refractivity (Wildman–Crippen MR) is 58.1 cm³/mol. The highest BCUT2D eigenvalue weighted by atomic mass is 32.2. The standard InChI is InChI=1S/C9H13N3OS/c1-2-14-9-11-7-6(8(13)12-9)4-3-5-10-7/h2-5H2,1H3,(H2,10,11,12,13). The number of rotatable bonds is 2. The van der Waals surface area contributed by atoms with Crippen LogP contribution in [0.5, 0.6) is 0 Å². The molecule has 76 valence electrons. The van der Waals surface area contributed by atoms with Crippen LogP contribution in [0.4, 0.5) is 5.82 Å². The van der Waals surface area contributed by atoms with E-state index >= 15 is 0 Å². The van der Waals surface area contributed by atoms with Gasteiger partial charge in [0, 0.05) is 6.54 Å². The van der Waals surface area contributed by atoms with Crippen LogP contribution in [0, 0.1) is 0 Å². The molecule has 1 aromatic rings. The lowest BCUT2D eigenvalue weighted by Crippen LogP contribution is -2.23. The summed E-state index contributed by atoms with van der Waals surface area (Å²) in [4.78, 5) is 18.8. The van der Waals surface area contributed by atoms with Gasteiger partial charge in [-0.2, -0.15) is 0 Å². The minimum absolute atomic E-state index is 0.0122. The van der Waals surface area contributed by atoms with Crippen LogP contribution < -0.4 is 10.9 Å². The SMILES string of the molecule is CCSc1nc2c(c(=O)[nH]1)CCCN2. The highest BCUT2D eigenvalue weighted by molar-refractivity contribution is 7.99. The van der Waals surface area contributed by atoms with E-state index in [4.69, 9.17) is 0 Å². The third-order valence-electron chi connectivity index (χ3n) is 2.17. The largest absolute Gasteiger partial charge is 0.370 e. The number of aromatic amines is 1. The fourth-order valence-electron chi connectivity index (χ4n) is 1.53. The number of H-pyrrole nitrogens is 1. The normalized spacial score (nSPS) is 14.6. The van der Waals surface area contributed by atoms with E-state index in [1.807, 2.05) is 6.92 Å². The second kappa shape index (κ2) is 4.04. The molecule has 1 aliphatic rings. The van der Waals surface area contributed by atoms with Gasteiger partial charge in [-0.05, 0) is 18.6 Å². The van der Waals surface area contributed by atoms with Gasteiger partial charge < -0.3 is 10.3 Å². The van der Waals surface area contributed by atoms with Crippen LogP contribution in [0.15, 0.2) is 9.95 Å². The molecule has 0 amide bonds. The number of fused-ring (bicyclic) bond motifs is 1. The van der Waals surface area contributed by atoms with Gasteiger partial charge in [-0.15, -0.1) is 0 Å². The smallest absolute Gasteiger partial charge is 0.256 e. The summed E-state index contributed by atoms with van der Waals surface area (Å²) in [5.74, 6) is 1.69. The Bertz CT molecular complexity index is 388. The van der Waals surface area contributed by atoms with Gasteiger partial charge in [-0.1, -0.05) is 18.7 Å². The van der Waals surface area contributed by atoms with Gasteiger partial charge in [0.05, 0.1) is 5.56 Å². The Balaban J connectivity index is 2.41. The second-order valence-corrected chi connectivity index (χ2v) is 4.41. The molecular formula is C9H13N3OS. The topological polar surface area (TPSA) is 57.8 Å². The average molecular weight is 211 g/mol. The van der Waals surface area contributed by atoms with Crippen molar-refractivity contribution >= 4 is 17.6 Å². The maximum Gasteiger partial charge on any atom is 0.256 e. The minimum Gasteiger partial charge on any atom is -0.370 e. The zero-order valence-corrected chi connectivity index (χ0v) is 8.91. The molecule has 1 aliphatic heterocycles. The Hall–Kier alpha value is -0.970. The van der Waals surface area contributed by atoms with Crippen LogP contribution >= 0.6 is 11.8 Å². The molecule has 2 N–H and O–H groups in total. The molecule has 0 spiro atoms. The maximum absolute atomic E-state index is 11.6. The molecule has 0 unspecified atom stereocenters. The molecule has 5 heteroatoms. The number of hydrogen-bond acceptors (Lipinski definition) is 4. The van der Waals surface area contributed by atoms with E-state index in [2.05, 4.69) is 15.3 Å². The first-order valence-corrected chi connectivity index (χ1v) is 5.79. The first kappa shape index (κ1) is 9.58. The molecule has 0 atom stereocenters. The third-order valence-corrected chi connectivity index (χ3v) is 2.93. The number of aromatic nitrogens is 2.